The Morgan fingerprint density at radius 1 is 1.47 bits per heavy atom. The van der Waals surface area contributed by atoms with Crippen LogP contribution in [0.4, 0.5) is 14.5 Å². The summed E-state index contributed by atoms with van der Waals surface area (Å²) in [5.41, 5.74) is 0.996. The summed E-state index contributed by atoms with van der Waals surface area (Å²) >= 11 is 0. The molecule has 0 aromatic carbocycles. The van der Waals surface area contributed by atoms with Gasteiger partial charge in [-0.3, -0.25) is 4.79 Å². The van der Waals surface area contributed by atoms with Crippen molar-refractivity contribution in [1.29, 1.82) is 0 Å². The third-order valence-electron chi connectivity index (χ3n) is 1.85. The Hall–Kier alpha value is -1.98. The molecule has 1 N–H and O–H groups in total. The van der Waals surface area contributed by atoms with Gasteiger partial charge < -0.3 is 9.72 Å². The second-order valence-corrected chi connectivity index (χ2v) is 2.90. The van der Waals surface area contributed by atoms with Gasteiger partial charge in [0.25, 0.3) is 5.91 Å². The molecule has 78 valence electrons. The summed E-state index contributed by atoms with van der Waals surface area (Å²) in [6.07, 6.45) is 1.74. The molecule has 0 unspecified atom stereocenters. The van der Waals surface area contributed by atoms with Crippen LogP contribution in [0.1, 0.15) is 0 Å². The molecular weight excluding hydrogens is 204 g/mol. The molecule has 6 heteroatoms. The number of anilines is 1. The number of imidazole rings is 1. The monoisotopic (exact) mass is 211 g/mol. The highest BCUT2D eigenvalue weighted by atomic mass is 19.3. The number of nitrogens with zero attached hydrogens (tertiary/aromatic N) is 2. The van der Waals surface area contributed by atoms with Crippen molar-refractivity contribution in [1.82, 2.24) is 9.38 Å². The molecule has 0 atom stereocenters. The molecule has 0 aliphatic heterocycles. The third-order valence-corrected chi connectivity index (χ3v) is 1.85. The summed E-state index contributed by atoms with van der Waals surface area (Å²) in [6, 6.07) is 3.14. The van der Waals surface area contributed by atoms with Gasteiger partial charge in [0, 0.05) is 18.6 Å². The van der Waals surface area contributed by atoms with Crippen molar-refractivity contribution in [2.45, 2.75) is 6.43 Å². The van der Waals surface area contributed by atoms with Gasteiger partial charge >= 0.3 is 6.43 Å². The number of pyridine rings is 1. The number of rotatable bonds is 2. The highest BCUT2D eigenvalue weighted by molar-refractivity contribution is 5.93. The number of hydrogen-bond acceptors (Lipinski definition) is 2. The Kier molecular flexibility index (Phi) is 2.32. The maximum Gasteiger partial charge on any atom is 0.315 e. The number of halogens is 2. The van der Waals surface area contributed by atoms with Gasteiger partial charge in [0.2, 0.25) is 0 Å². The number of carbonyl (C=O) groups is 1. The molecule has 2 rings (SSSR count). The number of aromatic nitrogens is 2. The Morgan fingerprint density at radius 2 is 2.27 bits per heavy atom. The van der Waals surface area contributed by atoms with E-state index in [9.17, 15) is 13.6 Å². The molecule has 0 saturated carbocycles. The minimum atomic E-state index is -3.01. The number of carbonyl (C=O) groups excluding carboxylic acids is 1. The van der Waals surface area contributed by atoms with Crippen molar-refractivity contribution >= 4 is 17.2 Å². The minimum absolute atomic E-state index is 0.311. The van der Waals surface area contributed by atoms with Crippen molar-refractivity contribution < 1.29 is 13.6 Å². The van der Waals surface area contributed by atoms with Gasteiger partial charge in [-0.25, -0.2) is 4.98 Å². The molecule has 4 nitrogen and oxygen atoms in total. The van der Waals surface area contributed by atoms with E-state index >= 15 is 0 Å². The van der Waals surface area contributed by atoms with Crippen molar-refractivity contribution in [3.63, 3.8) is 0 Å². The summed E-state index contributed by atoms with van der Waals surface area (Å²) in [6.45, 7) is 0. The van der Waals surface area contributed by atoms with Gasteiger partial charge in [-0.1, -0.05) is 0 Å². The summed E-state index contributed by atoms with van der Waals surface area (Å²) < 4.78 is 25.5. The lowest BCUT2D eigenvalue weighted by molar-refractivity contribution is -0.126. The SMILES string of the molecule is O=C(Nc1ccc2nccn2c1)C(F)F. The average molecular weight is 211 g/mol. The van der Waals surface area contributed by atoms with Crippen LogP contribution in [0.2, 0.25) is 0 Å². The van der Waals surface area contributed by atoms with Crippen molar-refractivity contribution in [2.24, 2.45) is 0 Å². The van der Waals surface area contributed by atoms with Gasteiger partial charge in [0.15, 0.2) is 0 Å². The van der Waals surface area contributed by atoms with E-state index in [4.69, 9.17) is 0 Å². The molecule has 0 radical (unpaired) electrons. The Labute approximate surface area is 83.5 Å². The van der Waals surface area contributed by atoms with Crippen LogP contribution in [0.3, 0.4) is 0 Å². The van der Waals surface area contributed by atoms with E-state index in [1.54, 1.807) is 22.9 Å². The molecule has 1 amide bonds. The molecule has 0 fully saturated rings. The van der Waals surface area contributed by atoms with E-state index < -0.39 is 12.3 Å². The van der Waals surface area contributed by atoms with E-state index in [1.165, 1.54) is 12.3 Å². The molecule has 0 bridgehead atoms. The van der Waals surface area contributed by atoms with E-state index in [0.717, 1.165) is 0 Å². The van der Waals surface area contributed by atoms with Gasteiger partial charge in [-0.05, 0) is 12.1 Å². The second kappa shape index (κ2) is 3.64. The highest BCUT2D eigenvalue weighted by Gasteiger charge is 2.14. The fraction of sp³-hybridized carbons (Fsp3) is 0.111. The average Bonchev–Trinajstić information content (AvgIpc) is 2.64. The zero-order valence-electron chi connectivity index (χ0n) is 7.52. The molecule has 2 aromatic heterocycles. The van der Waals surface area contributed by atoms with Crippen LogP contribution in [0.5, 0.6) is 0 Å². The summed E-state index contributed by atoms with van der Waals surface area (Å²) in [5.74, 6) is -1.31. The number of nitrogens with one attached hydrogen (secondary N) is 1. The second-order valence-electron chi connectivity index (χ2n) is 2.90. The Balaban J connectivity index is 2.25. The highest BCUT2D eigenvalue weighted by Crippen LogP contribution is 2.10. The normalized spacial score (nSPS) is 10.9. The van der Waals surface area contributed by atoms with Crippen molar-refractivity contribution in [3.8, 4) is 0 Å². The summed E-state index contributed by atoms with van der Waals surface area (Å²) in [4.78, 5) is 14.7. The van der Waals surface area contributed by atoms with Crippen LogP contribution in [0.15, 0.2) is 30.7 Å². The number of amides is 1. The molecule has 2 aromatic rings. The molecule has 0 aliphatic carbocycles. The smallest absolute Gasteiger partial charge is 0.315 e. The van der Waals surface area contributed by atoms with Crippen LogP contribution in [0, 0.1) is 0 Å². The maximum absolute atomic E-state index is 11.9. The minimum Gasteiger partial charge on any atom is -0.320 e. The predicted molar refractivity (Wildman–Crippen MR) is 49.8 cm³/mol. The van der Waals surface area contributed by atoms with Crippen LogP contribution < -0.4 is 5.32 Å². The molecule has 2 heterocycles. The van der Waals surface area contributed by atoms with E-state index in [2.05, 4.69) is 10.3 Å². The summed E-state index contributed by atoms with van der Waals surface area (Å²) in [5, 5.41) is 2.09. The van der Waals surface area contributed by atoms with Gasteiger partial charge in [0.05, 0.1) is 5.69 Å². The number of fused-ring (bicyclic) bond motifs is 1. The lowest BCUT2D eigenvalue weighted by Gasteiger charge is -2.04. The summed E-state index contributed by atoms with van der Waals surface area (Å²) in [7, 11) is 0. The zero-order chi connectivity index (χ0) is 10.8. The molecule has 0 aliphatic rings. The first-order valence-electron chi connectivity index (χ1n) is 4.18. The fourth-order valence-electron chi connectivity index (χ4n) is 1.19. The first kappa shape index (κ1) is 9.57. The largest absolute Gasteiger partial charge is 0.320 e. The molecule has 15 heavy (non-hydrogen) atoms. The zero-order valence-corrected chi connectivity index (χ0v) is 7.52. The Morgan fingerprint density at radius 3 is 3.00 bits per heavy atom. The standard InChI is InChI=1S/C9H7F2N3O/c10-8(11)9(15)13-6-1-2-7-12-3-4-14(7)5-6/h1-5,8H,(H,13,15). The lowest BCUT2D eigenvalue weighted by Crippen LogP contribution is -2.20. The van der Waals surface area contributed by atoms with Crippen LogP contribution in [-0.4, -0.2) is 21.7 Å². The first-order chi connectivity index (χ1) is 7.16. The van der Waals surface area contributed by atoms with E-state index in [1.807, 2.05) is 0 Å². The maximum atomic E-state index is 11.9. The van der Waals surface area contributed by atoms with Crippen molar-refractivity contribution in [2.75, 3.05) is 5.32 Å². The van der Waals surface area contributed by atoms with E-state index in [0.29, 0.717) is 11.3 Å². The topological polar surface area (TPSA) is 46.4 Å². The van der Waals surface area contributed by atoms with Crippen LogP contribution in [0.25, 0.3) is 5.65 Å². The van der Waals surface area contributed by atoms with Crippen LogP contribution in [-0.2, 0) is 4.79 Å². The van der Waals surface area contributed by atoms with Gasteiger partial charge in [0.1, 0.15) is 5.65 Å². The Bertz CT molecular complexity index is 495. The number of hydrogen-bond donors (Lipinski definition) is 1. The first-order valence-corrected chi connectivity index (χ1v) is 4.18. The lowest BCUT2D eigenvalue weighted by atomic mass is 10.4. The van der Waals surface area contributed by atoms with Gasteiger partial charge in [-0.15, -0.1) is 0 Å². The fourth-order valence-corrected chi connectivity index (χ4v) is 1.19. The molecule has 0 saturated heterocycles. The van der Waals surface area contributed by atoms with Gasteiger partial charge in [-0.2, -0.15) is 8.78 Å². The van der Waals surface area contributed by atoms with E-state index in [-0.39, 0.29) is 0 Å². The van der Waals surface area contributed by atoms with Crippen molar-refractivity contribution in [3.05, 3.63) is 30.7 Å². The quantitative estimate of drug-likeness (QED) is 0.818. The third kappa shape index (κ3) is 1.93. The predicted octanol–water partition coefficient (Wildman–Crippen LogP) is 1.54. The molecule has 0 spiro atoms. The number of alkyl halides is 2. The van der Waals surface area contributed by atoms with Crippen LogP contribution >= 0.6 is 0 Å². The molecular formula is C9H7F2N3O.